The van der Waals surface area contributed by atoms with Crippen LogP contribution < -0.4 is 4.74 Å². The number of rotatable bonds is 9. The highest BCUT2D eigenvalue weighted by molar-refractivity contribution is 6.30. The van der Waals surface area contributed by atoms with E-state index in [-0.39, 0.29) is 30.5 Å². The summed E-state index contributed by atoms with van der Waals surface area (Å²) in [6.45, 7) is 1.69. The highest BCUT2D eigenvalue weighted by Crippen LogP contribution is 2.22. The van der Waals surface area contributed by atoms with Crippen LogP contribution in [-0.2, 0) is 34.0 Å². The number of halogens is 3. The predicted molar refractivity (Wildman–Crippen MR) is 118 cm³/mol. The zero-order valence-corrected chi connectivity index (χ0v) is 18.9. The second kappa shape index (κ2) is 11.4. The number of hydrogen-bond donors (Lipinski definition) is 0. The Hall–Kier alpha value is -3.08. The summed E-state index contributed by atoms with van der Waals surface area (Å²) in [5, 5.41) is 8.04. The average molecular weight is 493 g/mol. The first-order chi connectivity index (χ1) is 16.5. The molecule has 0 spiro atoms. The van der Waals surface area contributed by atoms with Crippen LogP contribution in [0.3, 0.4) is 0 Å². The highest BCUT2D eigenvalue weighted by atomic mass is 35.5. The molecule has 4 rings (SSSR count). The molecule has 0 saturated carbocycles. The van der Waals surface area contributed by atoms with Crippen LogP contribution in [0, 0.1) is 5.82 Å². The van der Waals surface area contributed by atoms with Gasteiger partial charge in [0.2, 0.25) is 0 Å². The molecule has 0 radical (unpaired) electrons. The third-order valence-corrected chi connectivity index (χ3v) is 5.42. The summed E-state index contributed by atoms with van der Waals surface area (Å²) < 4.78 is 45.9. The van der Waals surface area contributed by atoms with Crippen LogP contribution in [0.4, 0.5) is 8.78 Å². The lowest BCUT2D eigenvalue weighted by Crippen LogP contribution is -2.50. The Morgan fingerprint density at radius 3 is 2.85 bits per heavy atom. The third kappa shape index (κ3) is 6.49. The first-order valence-corrected chi connectivity index (χ1v) is 11.0. The normalized spacial score (nSPS) is 16.9. The molecule has 1 fully saturated rings. The molecule has 2 atom stereocenters. The lowest BCUT2D eigenvalue weighted by molar-refractivity contribution is -0.154. The number of morpholine rings is 1. The van der Waals surface area contributed by atoms with Crippen LogP contribution in [0.2, 0.25) is 5.02 Å². The zero-order valence-electron chi connectivity index (χ0n) is 18.1. The second-order valence-corrected chi connectivity index (χ2v) is 8.10. The van der Waals surface area contributed by atoms with Crippen molar-refractivity contribution in [1.29, 1.82) is 0 Å². The van der Waals surface area contributed by atoms with E-state index >= 15 is 0 Å². The summed E-state index contributed by atoms with van der Waals surface area (Å²) in [6, 6.07) is 13.2. The molecule has 2 aromatic carbocycles. The Kier molecular flexibility index (Phi) is 8.04. The molecule has 1 saturated heterocycles. The van der Waals surface area contributed by atoms with Gasteiger partial charge in [-0.15, -0.1) is 5.10 Å². The molecule has 2 heterocycles. The molecular weight excluding hydrogens is 470 g/mol. The maximum absolute atomic E-state index is 14.4. The van der Waals surface area contributed by atoms with E-state index in [2.05, 4.69) is 10.3 Å². The van der Waals surface area contributed by atoms with Gasteiger partial charge in [-0.05, 0) is 17.7 Å². The molecule has 1 aromatic heterocycles. The minimum atomic E-state index is -2.28. The molecular formula is C23H23ClF2N4O4. The van der Waals surface area contributed by atoms with Gasteiger partial charge in [-0.1, -0.05) is 47.1 Å². The van der Waals surface area contributed by atoms with Crippen LogP contribution in [0.5, 0.6) is 5.75 Å². The zero-order chi connectivity index (χ0) is 23.9. The van der Waals surface area contributed by atoms with Crippen LogP contribution >= 0.6 is 11.6 Å². The molecule has 11 heteroatoms. The van der Waals surface area contributed by atoms with Gasteiger partial charge in [0, 0.05) is 19.2 Å². The number of aromatic nitrogens is 3. The molecule has 0 bridgehead atoms. The van der Waals surface area contributed by atoms with Gasteiger partial charge in [0.25, 0.3) is 5.91 Å². The Labute approximate surface area is 200 Å². The monoisotopic (exact) mass is 492 g/mol. The van der Waals surface area contributed by atoms with Gasteiger partial charge in [0.15, 0.2) is 0 Å². The van der Waals surface area contributed by atoms with E-state index in [0.29, 0.717) is 25.5 Å². The smallest absolute Gasteiger partial charge is 0.316 e. The van der Waals surface area contributed by atoms with Crippen molar-refractivity contribution in [3.63, 3.8) is 0 Å². The number of carbonyl (C=O) groups is 1. The van der Waals surface area contributed by atoms with Crippen LogP contribution in [0.15, 0.2) is 54.7 Å². The van der Waals surface area contributed by atoms with Gasteiger partial charge in [0.05, 0.1) is 43.7 Å². The molecule has 0 aliphatic carbocycles. The third-order valence-electron chi connectivity index (χ3n) is 5.11. The van der Waals surface area contributed by atoms with Crippen LogP contribution in [-0.4, -0.2) is 58.0 Å². The summed E-state index contributed by atoms with van der Waals surface area (Å²) in [5.74, 6) is -1.75. The minimum absolute atomic E-state index is 0.121. The Morgan fingerprint density at radius 2 is 2.06 bits per heavy atom. The van der Waals surface area contributed by atoms with E-state index in [1.807, 2.05) is 30.3 Å². The Bertz CT molecular complexity index is 1100. The largest absolute Gasteiger partial charge is 0.452 e. The van der Waals surface area contributed by atoms with Gasteiger partial charge in [-0.2, -0.15) is 4.39 Å². The number of carbonyl (C=O) groups excluding carboxylic acids is 1. The van der Waals surface area contributed by atoms with Crippen LogP contribution in [0.25, 0.3) is 0 Å². The number of hydrogen-bond acceptors (Lipinski definition) is 6. The summed E-state index contributed by atoms with van der Waals surface area (Å²) in [4.78, 5) is 13.8. The molecule has 1 amide bonds. The van der Waals surface area contributed by atoms with E-state index in [1.165, 1.54) is 17.0 Å². The van der Waals surface area contributed by atoms with Crippen LogP contribution in [0.1, 0.15) is 11.3 Å². The molecule has 34 heavy (non-hydrogen) atoms. The first kappa shape index (κ1) is 24.1. The fourth-order valence-corrected chi connectivity index (χ4v) is 3.56. The number of alkyl halides is 1. The number of nitrogens with zero attached hydrogens (tertiary/aromatic N) is 4. The van der Waals surface area contributed by atoms with Gasteiger partial charge in [-0.25, -0.2) is 9.07 Å². The maximum atomic E-state index is 14.4. The summed E-state index contributed by atoms with van der Waals surface area (Å²) in [5.41, 5.74) is 1.72. The van der Waals surface area contributed by atoms with Gasteiger partial charge >= 0.3 is 6.36 Å². The van der Waals surface area contributed by atoms with E-state index in [9.17, 15) is 13.6 Å². The molecule has 180 valence electrons. The van der Waals surface area contributed by atoms with Crippen molar-refractivity contribution in [1.82, 2.24) is 19.9 Å². The number of amides is 1. The standard InChI is InChI=1S/C23H23ClF2N4O4/c24-20-7-6-18(10-21(20)25)34-22(26)23(31)29-8-9-33-19(12-29)13-30-11-17(27-28-30)15-32-14-16-4-2-1-3-5-16/h1-7,10-11,19,22H,8-9,12-15H2. The van der Waals surface area contributed by atoms with Crippen molar-refractivity contribution >= 4 is 17.5 Å². The topological polar surface area (TPSA) is 78.7 Å². The van der Waals surface area contributed by atoms with Crippen molar-refractivity contribution in [3.8, 4) is 5.75 Å². The van der Waals surface area contributed by atoms with Gasteiger partial charge in [-0.3, -0.25) is 4.79 Å². The van der Waals surface area contributed by atoms with Gasteiger partial charge in [0.1, 0.15) is 17.3 Å². The fraction of sp³-hybridized carbons (Fsp3) is 0.348. The predicted octanol–water partition coefficient (Wildman–Crippen LogP) is 3.39. The van der Waals surface area contributed by atoms with Crippen molar-refractivity contribution in [2.75, 3.05) is 19.7 Å². The lowest BCUT2D eigenvalue weighted by atomic mass is 10.2. The molecule has 1 aliphatic heterocycles. The van der Waals surface area contributed by atoms with Crippen molar-refractivity contribution in [3.05, 3.63) is 76.8 Å². The quantitative estimate of drug-likeness (QED) is 0.455. The molecule has 8 nitrogen and oxygen atoms in total. The highest BCUT2D eigenvalue weighted by Gasteiger charge is 2.31. The van der Waals surface area contributed by atoms with Crippen molar-refractivity contribution < 1.29 is 27.8 Å². The summed E-state index contributed by atoms with van der Waals surface area (Å²) in [6.07, 6.45) is -0.942. The number of benzene rings is 2. The van der Waals surface area contributed by atoms with Crippen molar-refractivity contribution in [2.24, 2.45) is 0 Å². The van der Waals surface area contributed by atoms with E-state index in [0.717, 1.165) is 11.6 Å². The van der Waals surface area contributed by atoms with Crippen molar-refractivity contribution in [2.45, 2.75) is 32.2 Å². The SMILES string of the molecule is O=C(C(F)Oc1ccc(Cl)c(F)c1)N1CCOC(Cn2cc(COCc3ccccc3)nn2)C1. The Balaban J connectivity index is 1.25. The minimum Gasteiger partial charge on any atom is -0.452 e. The summed E-state index contributed by atoms with van der Waals surface area (Å²) >= 11 is 5.60. The second-order valence-electron chi connectivity index (χ2n) is 7.70. The summed E-state index contributed by atoms with van der Waals surface area (Å²) in [7, 11) is 0. The fourth-order valence-electron chi connectivity index (χ4n) is 3.44. The van der Waals surface area contributed by atoms with E-state index < -0.39 is 24.2 Å². The average Bonchev–Trinajstić information content (AvgIpc) is 3.29. The Morgan fingerprint density at radius 1 is 1.24 bits per heavy atom. The lowest BCUT2D eigenvalue weighted by Gasteiger charge is -2.33. The molecule has 3 aromatic rings. The van der Waals surface area contributed by atoms with Gasteiger partial charge < -0.3 is 19.1 Å². The first-order valence-electron chi connectivity index (χ1n) is 10.6. The molecule has 2 unspecified atom stereocenters. The number of ether oxygens (including phenoxy) is 3. The molecule has 0 N–H and O–H groups in total. The molecule has 1 aliphatic rings. The van der Waals surface area contributed by atoms with E-state index in [1.54, 1.807) is 10.9 Å². The maximum Gasteiger partial charge on any atom is 0.316 e. The van der Waals surface area contributed by atoms with E-state index in [4.69, 9.17) is 25.8 Å².